The molecule has 3 heterocycles. The number of likely N-dealkylation sites (tertiary alicyclic amines) is 2. The van der Waals surface area contributed by atoms with Gasteiger partial charge in [-0.05, 0) is 55.7 Å². The molecule has 2 aromatic rings. The Kier molecular flexibility index (Phi) is 5.68. The molecule has 3 fully saturated rings. The molecule has 176 valence electrons. The molecule has 0 bridgehead atoms. The number of fused-ring (bicyclic) bond motifs is 1. The van der Waals surface area contributed by atoms with E-state index in [1.54, 1.807) is 7.05 Å². The smallest absolute Gasteiger partial charge is 0.320 e. The maximum absolute atomic E-state index is 13.5. The van der Waals surface area contributed by atoms with Gasteiger partial charge in [0.1, 0.15) is 17.2 Å². The van der Waals surface area contributed by atoms with Gasteiger partial charge < -0.3 is 20.9 Å². The van der Waals surface area contributed by atoms with Gasteiger partial charge in [0.05, 0.1) is 10.7 Å². The molecule has 33 heavy (non-hydrogen) atoms. The summed E-state index contributed by atoms with van der Waals surface area (Å²) < 4.78 is 15.0. The number of hydrogen-bond acceptors (Lipinski definition) is 4. The molecule has 1 aromatic heterocycles. The summed E-state index contributed by atoms with van der Waals surface area (Å²) in [7, 11) is 1.72. The molecule has 0 radical (unpaired) electrons. The lowest BCUT2D eigenvalue weighted by Gasteiger charge is -2.25. The Morgan fingerprint density at radius 2 is 1.82 bits per heavy atom. The van der Waals surface area contributed by atoms with E-state index in [1.165, 1.54) is 22.9 Å². The molecule has 3 aliphatic rings. The van der Waals surface area contributed by atoms with Gasteiger partial charge in [0.25, 0.3) is 5.91 Å². The van der Waals surface area contributed by atoms with Gasteiger partial charge in [0.15, 0.2) is 0 Å². The number of anilines is 2. The number of carbonyl (C=O) groups excluding carboxylic acids is 2. The van der Waals surface area contributed by atoms with Crippen LogP contribution >= 0.6 is 11.6 Å². The van der Waals surface area contributed by atoms with Gasteiger partial charge in [-0.3, -0.25) is 9.48 Å². The molecule has 1 saturated carbocycles. The van der Waals surface area contributed by atoms with Gasteiger partial charge in [-0.15, -0.1) is 0 Å². The van der Waals surface area contributed by atoms with Crippen molar-refractivity contribution in [2.75, 3.05) is 37.2 Å². The van der Waals surface area contributed by atoms with Crippen molar-refractivity contribution in [3.8, 4) is 0 Å². The minimum absolute atomic E-state index is 0.0659. The summed E-state index contributed by atoms with van der Waals surface area (Å²) in [6, 6.07) is 4.20. The third kappa shape index (κ3) is 4.03. The number of benzene rings is 1. The number of urea groups is 1. The zero-order chi connectivity index (χ0) is 23.3. The van der Waals surface area contributed by atoms with Gasteiger partial charge >= 0.3 is 6.03 Å². The summed E-state index contributed by atoms with van der Waals surface area (Å²) in [6.45, 7) is 3.24. The molecule has 3 N–H and O–H groups in total. The van der Waals surface area contributed by atoms with Crippen molar-refractivity contribution in [1.82, 2.24) is 19.6 Å². The Morgan fingerprint density at radius 1 is 1.15 bits per heavy atom. The highest BCUT2D eigenvalue weighted by Crippen LogP contribution is 2.47. The van der Waals surface area contributed by atoms with E-state index >= 15 is 0 Å². The van der Waals surface area contributed by atoms with Crippen molar-refractivity contribution in [3.05, 3.63) is 40.3 Å². The predicted molar refractivity (Wildman–Crippen MR) is 124 cm³/mol. The van der Waals surface area contributed by atoms with Crippen molar-refractivity contribution in [2.24, 2.45) is 18.9 Å². The van der Waals surface area contributed by atoms with E-state index < -0.39 is 5.82 Å². The molecule has 8 nitrogen and oxygen atoms in total. The Hall–Kier alpha value is -2.81. The molecule has 0 spiro atoms. The molecular weight excluding hydrogens is 447 g/mol. The maximum Gasteiger partial charge on any atom is 0.320 e. The average molecular weight is 475 g/mol. The largest absolute Gasteiger partial charge is 0.383 e. The van der Waals surface area contributed by atoms with Crippen LogP contribution in [0.15, 0.2) is 18.2 Å². The molecule has 2 aliphatic heterocycles. The number of rotatable bonds is 3. The van der Waals surface area contributed by atoms with Crippen LogP contribution in [-0.2, 0) is 7.05 Å². The molecule has 10 heteroatoms. The minimum Gasteiger partial charge on any atom is -0.383 e. The first kappa shape index (κ1) is 22.0. The molecule has 2 unspecified atom stereocenters. The summed E-state index contributed by atoms with van der Waals surface area (Å²) in [4.78, 5) is 29.8. The highest BCUT2D eigenvalue weighted by Gasteiger charge is 2.45. The summed E-state index contributed by atoms with van der Waals surface area (Å²) in [5.41, 5.74) is 7.65. The highest BCUT2D eigenvalue weighted by molar-refractivity contribution is 6.31. The van der Waals surface area contributed by atoms with E-state index in [0.29, 0.717) is 34.6 Å². The van der Waals surface area contributed by atoms with E-state index in [9.17, 15) is 14.0 Å². The topological polar surface area (TPSA) is 96.5 Å². The van der Waals surface area contributed by atoms with E-state index in [1.807, 2.05) is 9.80 Å². The second kappa shape index (κ2) is 8.52. The number of aryl methyl sites for hydroxylation is 1. The minimum atomic E-state index is -0.550. The van der Waals surface area contributed by atoms with Crippen molar-refractivity contribution in [3.63, 3.8) is 0 Å². The third-order valence-electron chi connectivity index (χ3n) is 7.31. The second-order valence-electron chi connectivity index (χ2n) is 9.42. The van der Waals surface area contributed by atoms with Crippen LogP contribution < -0.4 is 11.1 Å². The summed E-state index contributed by atoms with van der Waals surface area (Å²) >= 11 is 5.85. The monoisotopic (exact) mass is 474 g/mol. The molecule has 2 atom stereocenters. The Labute approximate surface area is 196 Å². The van der Waals surface area contributed by atoms with Gasteiger partial charge in [0, 0.05) is 44.8 Å². The Morgan fingerprint density at radius 3 is 2.45 bits per heavy atom. The molecular formula is C23H28ClFN6O2. The fourth-order valence-corrected chi connectivity index (χ4v) is 5.81. The highest BCUT2D eigenvalue weighted by atomic mass is 35.5. The molecule has 3 amide bonds. The van der Waals surface area contributed by atoms with E-state index in [-0.39, 0.29) is 22.9 Å². The first-order valence-electron chi connectivity index (χ1n) is 11.4. The standard InChI is InChI=1S/C23H28ClFN6O2/c1-29-21(26)19(22(32)27-16-4-5-18(25)17(24)10-16)20(28-29)13-8-14-11-31(12-15(14)9-13)23(33)30-6-2-3-7-30/h4-5,10,13-15H,2-3,6-9,11-12,26H2,1H3,(H,27,32). The third-order valence-corrected chi connectivity index (χ3v) is 7.60. The van der Waals surface area contributed by atoms with Crippen LogP contribution in [0.2, 0.25) is 5.02 Å². The van der Waals surface area contributed by atoms with E-state index in [2.05, 4.69) is 10.4 Å². The quantitative estimate of drug-likeness (QED) is 0.709. The number of hydrogen-bond donors (Lipinski definition) is 2. The number of nitrogens with one attached hydrogen (secondary N) is 1. The average Bonchev–Trinajstić information content (AvgIpc) is 3.54. The van der Waals surface area contributed by atoms with Gasteiger partial charge in [-0.25, -0.2) is 9.18 Å². The lowest BCUT2D eigenvalue weighted by Crippen LogP contribution is -2.41. The van der Waals surface area contributed by atoms with Crippen molar-refractivity contribution in [2.45, 2.75) is 31.6 Å². The zero-order valence-electron chi connectivity index (χ0n) is 18.6. The first-order valence-corrected chi connectivity index (χ1v) is 11.8. The summed E-state index contributed by atoms with van der Waals surface area (Å²) in [5, 5.41) is 7.29. The first-order chi connectivity index (χ1) is 15.8. The van der Waals surface area contributed by atoms with E-state index in [4.69, 9.17) is 17.3 Å². The van der Waals surface area contributed by atoms with Crippen LogP contribution in [0.3, 0.4) is 0 Å². The summed E-state index contributed by atoms with van der Waals surface area (Å²) in [6.07, 6.45) is 3.91. The maximum atomic E-state index is 13.5. The Bertz CT molecular complexity index is 1080. The normalized spacial score (nSPS) is 24.4. The van der Waals surface area contributed by atoms with E-state index in [0.717, 1.165) is 51.9 Å². The fourth-order valence-electron chi connectivity index (χ4n) is 5.63. The number of nitrogens with zero attached hydrogens (tertiary/aromatic N) is 4. The van der Waals surface area contributed by atoms with Crippen LogP contribution in [-0.4, -0.2) is 57.7 Å². The van der Waals surface area contributed by atoms with Gasteiger partial charge in [-0.1, -0.05) is 11.6 Å². The number of nitrogens with two attached hydrogens (primary N) is 1. The van der Waals surface area contributed by atoms with Crippen LogP contribution in [0, 0.1) is 17.7 Å². The van der Waals surface area contributed by atoms with Crippen LogP contribution in [0.1, 0.15) is 47.7 Å². The predicted octanol–water partition coefficient (Wildman–Crippen LogP) is 3.69. The van der Waals surface area contributed by atoms with Crippen molar-refractivity contribution < 1.29 is 14.0 Å². The zero-order valence-corrected chi connectivity index (χ0v) is 19.3. The van der Waals surface area contributed by atoms with Gasteiger partial charge in [-0.2, -0.15) is 5.10 Å². The molecule has 1 aliphatic carbocycles. The fraction of sp³-hybridized carbons (Fsp3) is 0.522. The molecule has 2 saturated heterocycles. The van der Waals surface area contributed by atoms with Crippen LogP contribution in [0.5, 0.6) is 0 Å². The van der Waals surface area contributed by atoms with Crippen molar-refractivity contribution >= 4 is 35.0 Å². The number of aromatic nitrogens is 2. The lowest BCUT2D eigenvalue weighted by atomic mass is 9.97. The van der Waals surface area contributed by atoms with Crippen LogP contribution in [0.25, 0.3) is 0 Å². The van der Waals surface area contributed by atoms with Gasteiger partial charge in [0.2, 0.25) is 0 Å². The number of halogens is 2. The van der Waals surface area contributed by atoms with Crippen molar-refractivity contribution in [1.29, 1.82) is 0 Å². The SMILES string of the molecule is Cn1nc(C2CC3CN(C(=O)N4CCCC4)CC3C2)c(C(=O)Nc2ccc(F)c(Cl)c2)c1N. The number of carbonyl (C=O) groups is 2. The molecule has 1 aromatic carbocycles. The molecule has 5 rings (SSSR count). The lowest BCUT2D eigenvalue weighted by molar-refractivity contribution is 0.102. The number of nitrogen functional groups attached to an aromatic ring is 1. The summed E-state index contributed by atoms with van der Waals surface area (Å²) in [5.74, 6) is 0.254. The van der Waals surface area contributed by atoms with Crippen LogP contribution in [0.4, 0.5) is 20.7 Å². The number of amides is 3. The Balaban J connectivity index is 1.30. The second-order valence-corrected chi connectivity index (χ2v) is 9.83.